The van der Waals surface area contributed by atoms with Gasteiger partial charge in [-0.2, -0.15) is 0 Å². The van der Waals surface area contributed by atoms with Gasteiger partial charge in [0.1, 0.15) is 0 Å². The van der Waals surface area contributed by atoms with E-state index in [0.29, 0.717) is 41.5 Å². The van der Waals surface area contributed by atoms with Crippen LogP contribution in [0.1, 0.15) is 388 Å². The van der Waals surface area contributed by atoms with Crippen molar-refractivity contribution in [1.29, 1.82) is 0 Å². The van der Waals surface area contributed by atoms with Crippen LogP contribution in [0.3, 0.4) is 0 Å². The number of rotatable bonds is 16. The summed E-state index contributed by atoms with van der Waals surface area (Å²) in [4.78, 5) is 0. The lowest BCUT2D eigenvalue weighted by Crippen LogP contribution is -2.45. The summed E-state index contributed by atoms with van der Waals surface area (Å²) >= 11 is 0. The van der Waals surface area contributed by atoms with Gasteiger partial charge in [0.05, 0.1) is 0 Å². The molecule has 9 fully saturated rings. The maximum absolute atomic E-state index is 3.55. The van der Waals surface area contributed by atoms with Crippen LogP contribution < -0.4 is 21.2 Å². The van der Waals surface area contributed by atoms with Crippen LogP contribution in [0.4, 0.5) is 0 Å². The highest BCUT2D eigenvalue weighted by molar-refractivity contribution is 7.84. The van der Waals surface area contributed by atoms with E-state index in [1.807, 2.05) is 22.3 Å². The molecule has 1 nitrogen and oxygen atoms in total. The van der Waals surface area contributed by atoms with Gasteiger partial charge in [-0.05, 0) is 265 Å². The molecule has 0 amide bonds. The second-order valence-electron chi connectivity index (χ2n) is 30.6. The maximum Gasteiger partial charge on any atom is 0.0326 e. The van der Waals surface area contributed by atoms with E-state index in [9.17, 15) is 0 Å². The van der Waals surface area contributed by atoms with Gasteiger partial charge in [-0.25, -0.2) is 4.44 Å². The summed E-state index contributed by atoms with van der Waals surface area (Å²) in [6.07, 6.45) is 62.0. The normalized spacial score (nSPS) is 25.4. The second-order valence-corrected chi connectivity index (χ2v) is 35.1. The quantitative estimate of drug-likeness (QED) is 0.101. The summed E-state index contributed by atoms with van der Waals surface area (Å²) in [5.74, 6) is 7.14. The first-order valence-electron chi connectivity index (χ1n) is 37.5. The Kier molecular flexibility index (Phi) is 21.3. The Morgan fingerprint density at radius 1 is 0.250 bits per heavy atom. The molecule has 0 saturated heterocycles. The zero-order valence-electron chi connectivity index (χ0n) is 53.7. The highest BCUT2D eigenvalue weighted by Crippen LogP contribution is 2.61. The van der Waals surface area contributed by atoms with Crippen LogP contribution in [0.2, 0.25) is 0 Å². The largest absolute Gasteiger partial charge is 0.241 e. The van der Waals surface area contributed by atoms with Gasteiger partial charge in [-0.1, -0.05) is 229 Å². The molecule has 0 N–H and O–H groups in total. The standard InChI is InChI=1S/C81H117NP2/c1-59(2)72-45-27-28-46-81(72)82(83(68-47-51-73(60-29-11-3-12-30-60)77(55-68)64-37-19-7-20-38-64)69-48-52-74(61-31-13-4-14-32-61)78(56-69)65-39-21-8-22-40-65)84(70-49-53-75(62-33-15-5-16-34-62)79(57-70)66-41-23-9-24-42-66)71-50-54-76(63-35-17-6-18-36-63)80(58-71)67-43-25-10-26-44-67/h47-67,72,81H,3-46H2,1-2H3. The van der Waals surface area contributed by atoms with E-state index in [2.05, 4.69) is 91.1 Å². The van der Waals surface area contributed by atoms with E-state index < -0.39 is 16.1 Å². The number of nitrogens with zero attached hydrogens (tertiary/aromatic N) is 1. The molecule has 0 bridgehead atoms. The molecule has 0 radical (unpaired) electrons. The average Bonchev–Trinajstić information content (AvgIpc) is 3.64. The van der Waals surface area contributed by atoms with Crippen molar-refractivity contribution < 1.29 is 0 Å². The number of hydrogen-bond acceptors (Lipinski definition) is 1. The van der Waals surface area contributed by atoms with Gasteiger partial charge in [-0.15, -0.1) is 0 Å². The highest BCUT2D eigenvalue weighted by Gasteiger charge is 2.44. The van der Waals surface area contributed by atoms with E-state index in [0.717, 1.165) is 23.7 Å². The zero-order valence-corrected chi connectivity index (χ0v) is 55.5. The molecule has 2 atom stereocenters. The molecular formula is C81H117NP2. The minimum absolute atomic E-state index is 0.538. The minimum Gasteiger partial charge on any atom is -0.241 e. The zero-order chi connectivity index (χ0) is 56.6. The third-order valence-corrected chi connectivity index (χ3v) is 30.5. The summed E-state index contributed by atoms with van der Waals surface area (Å²) < 4.78 is 3.55. The fourth-order valence-electron chi connectivity index (χ4n) is 20.3. The van der Waals surface area contributed by atoms with Gasteiger partial charge >= 0.3 is 0 Å². The van der Waals surface area contributed by atoms with Crippen LogP contribution in [-0.4, -0.2) is 10.5 Å². The third-order valence-electron chi connectivity index (χ3n) is 25.0. The topological polar surface area (TPSA) is 3.24 Å². The van der Waals surface area contributed by atoms with Crippen molar-refractivity contribution in [2.75, 3.05) is 0 Å². The van der Waals surface area contributed by atoms with E-state index in [1.54, 1.807) is 43.5 Å². The Bertz CT molecular complexity index is 2350. The van der Waals surface area contributed by atoms with Gasteiger partial charge in [0.2, 0.25) is 0 Å². The molecular weight excluding hydrogens is 1050 g/mol. The Labute approximate surface area is 517 Å². The molecule has 2 unspecified atom stereocenters. The van der Waals surface area contributed by atoms with Gasteiger partial charge in [0.15, 0.2) is 0 Å². The summed E-state index contributed by atoms with van der Waals surface area (Å²) in [5.41, 5.74) is 14.4. The summed E-state index contributed by atoms with van der Waals surface area (Å²) in [7, 11) is -1.87. The molecule has 4 aromatic rings. The van der Waals surface area contributed by atoms with E-state index >= 15 is 0 Å². The molecule has 0 spiro atoms. The summed E-state index contributed by atoms with van der Waals surface area (Å²) in [5, 5.41) is 6.90. The molecule has 4 aromatic carbocycles. The van der Waals surface area contributed by atoms with E-state index in [4.69, 9.17) is 0 Å². The molecule has 9 aliphatic carbocycles. The predicted molar refractivity (Wildman–Crippen MR) is 367 cm³/mol. The monoisotopic (exact) mass is 1170 g/mol. The predicted octanol–water partition coefficient (Wildman–Crippen LogP) is 24.0. The van der Waals surface area contributed by atoms with Crippen molar-refractivity contribution in [2.24, 2.45) is 11.8 Å². The van der Waals surface area contributed by atoms with Crippen LogP contribution in [0.15, 0.2) is 72.8 Å². The first-order chi connectivity index (χ1) is 41.5. The fraction of sp³-hybridized carbons (Fsp3) is 0.704. The second kappa shape index (κ2) is 29.6. The lowest BCUT2D eigenvalue weighted by Gasteiger charge is -2.50. The van der Waals surface area contributed by atoms with E-state index in [-0.39, 0.29) is 0 Å². The Balaban J connectivity index is 1.09. The first kappa shape index (κ1) is 60.6. The SMILES string of the molecule is CC(C)C1CCCCC1N(P(c1ccc(C2CCCCC2)c(C2CCCCC2)c1)c1ccc(C2CCCCC2)c(C2CCCCC2)c1)P(c1ccc(C2CCCCC2)c(C2CCCCC2)c1)c1ccc(C2CCCCC2)c(C2CCCCC2)c1. The molecule has 0 aromatic heterocycles. The Hall–Kier alpha value is -2.30. The molecule has 84 heavy (non-hydrogen) atoms. The number of hydrogen-bond donors (Lipinski definition) is 0. The summed E-state index contributed by atoms with van der Waals surface area (Å²) in [6, 6.07) is 35.4. The molecule has 3 heteroatoms. The molecule has 456 valence electrons. The van der Waals surface area contributed by atoms with Crippen LogP contribution >= 0.6 is 16.1 Å². The first-order valence-corrected chi connectivity index (χ1v) is 40.1. The Morgan fingerprint density at radius 2 is 0.452 bits per heavy atom. The van der Waals surface area contributed by atoms with Gasteiger partial charge in [0, 0.05) is 22.2 Å². The van der Waals surface area contributed by atoms with E-state index in [1.165, 1.54) is 283 Å². The van der Waals surface area contributed by atoms with Crippen molar-refractivity contribution in [3.05, 3.63) is 117 Å². The number of benzene rings is 4. The molecule has 9 saturated carbocycles. The minimum atomic E-state index is -0.935. The lowest BCUT2D eigenvalue weighted by atomic mass is 9.76. The van der Waals surface area contributed by atoms with Crippen molar-refractivity contribution in [3.63, 3.8) is 0 Å². The van der Waals surface area contributed by atoms with Crippen LogP contribution in [-0.2, 0) is 0 Å². The average molecular weight is 1170 g/mol. The van der Waals surface area contributed by atoms with Crippen molar-refractivity contribution in [1.82, 2.24) is 4.44 Å². The van der Waals surface area contributed by atoms with Gasteiger partial charge in [-0.3, -0.25) is 0 Å². The smallest absolute Gasteiger partial charge is 0.0326 e. The maximum atomic E-state index is 3.55. The van der Waals surface area contributed by atoms with Gasteiger partial charge in [0.25, 0.3) is 0 Å². The van der Waals surface area contributed by atoms with Crippen LogP contribution in [0, 0.1) is 11.8 Å². The molecule has 0 heterocycles. The Morgan fingerprint density at radius 3 is 0.679 bits per heavy atom. The van der Waals surface area contributed by atoms with Crippen molar-refractivity contribution in [2.45, 2.75) is 350 Å². The molecule has 13 rings (SSSR count). The third kappa shape index (κ3) is 13.9. The molecule has 0 aliphatic heterocycles. The fourth-order valence-corrected chi connectivity index (χ4v) is 26.9. The molecule has 9 aliphatic rings. The van der Waals surface area contributed by atoms with Crippen molar-refractivity contribution >= 4 is 37.4 Å². The van der Waals surface area contributed by atoms with Gasteiger partial charge < -0.3 is 0 Å². The highest BCUT2D eigenvalue weighted by atomic mass is 31.2. The van der Waals surface area contributed by atoms with Crippen molar-refractivity contribution in [3.8, 4) is 0 Å². The van der Waals surface area contributed by atoms with Crippen LogP contribution in [0.25, 0.3) is 0 Å². The lowest BCUT2D eigenvalue weighted by molar-refractivity contribution is 0.191. The summed E-state index contributed by atoms with van der Waals surface area (Å²) in [6.45, 7) is 5.32. The van der Waals surface area contributed by atoms with Crippen LogP contribution in [0.5, 0.6) is 0 Å².